The smallest absolute Gasteiger partial charge is 0.311 e. The molecule has 5 rings (SSSR count). The lowest BCUT2D eigenvalue weighted by molar-refractivity contribution is -0.149. The number of likely N-dealkylation sites (tertiary alicyclic amines) is 1. The molecule has 1 saturated heterocycles. The van der Waals surface area contributed by atoms with E-state index in [4.69, 9.17) is 0 Å². The zero-order valence-corrected chi connectivity index (χ0v) is 16.1. The molecule has 1 aromatic carbocycles. The standard InChI is InChI=1S/C21H21N5O3/c1-13-18(19(27)25-11-14-5-3-9-21(14,12-25)20(28)29)23-24-26(13)17-8-2-7-16-15(17)6-4-10-22-16/h2,4,6-8,10,14H,3,5,9,11-12H2,1H3,(H,28,29)/t14-,21+/m0/s1. The fourth-order valence-corrected chi connectivity index (χ4v) is 4.97. The fourth-order valence-electron chi connectivity index (χ4n) is 4.97. The van der Waals surface area contributed by atoms with Gasteiger partial charge in [0.25, 0.3) is 5.91 Å². The lowest BCUT2D eigenvalue weighted by atomic mass is 9.81. The van der Waals surface area contributed by atoms with Gasteiger partial charge in [-0.25, -0.2) is 4.68 Å². The zero-order chi connectivity index (χ0) is 20.2. The lowest BCUT2D eigenvalue weighted by Gasteiger charge is -2.23. The number of amides is 1. The molecule has 8 heteroatoms. The molecule has 1 aliphatic carbocycles. The normalized spacial score (nSPS) is 23.5. The summed E-state index contributed by atoms with van der Waals surface area (Å²) >= 11 is 0. The molecule has 8 nitrogen and oxygen atoms in total. The summed E-state index contributed by atoms with van der Waals surface area (Å²) in [5.74, 6) is -1.02. The summed E-state index contributed by atoms with van der Waals surface area (Å²) in [6, 6.07) is 9.55. The van der Waals surface area contributed by atoms with Crippen molar-refractivity contribution in [2.45, 2.75) is 26.2 Å². The van der Waals surface area contributed by atoms with Gasteiger partial charge in [-0.2, -0.15) is 0 Å². The van der Waals surface area contributed by atoms with Crippen LogP contribution in [0.25, 0.3) is 16.6 Å². The maximum Gasteiger partial charge on any atom is 0.311 e. The molecule has 0 spiro atoms. The Bertz CT molecular complexity index is 1140. The number of benzene rings is 1. The van der Waals surface area contributed by atoms with E-state index in [1.54, 1.807) is 15.8 Å². The van der Waals surface area contributed by atoms with Gasteiger partial charge in [-0.15, -0.1) is 5.10 Å². The Hall–Kier alpha value is -3.29. The second-order valence-corrected chi connectivity index (χ2v) is 8.02. The van der Waals surface area contributed by atoms with Crippen molar-refractivity contribution in [2.24, 2.45) is 11.3 Å². The zero-order valence-electron chi connectivity index (χ0n) is 16.1. The van der Waals surface area contributed by atoms with Gasteiger partial charge in [0.2, 0.25) is 0 Å². The number of nitrogens with zero attached hydrogens (tertiary/aromatic N) is 5. The molecule has 1 N–H and O–H groups in total. The van der Waals surface area contributed by atoms with E-state index >= 15 is 0 Å². The van der Waals surface area contributed by atoms with Crippen molar-refractivity contribution in [1.29, 1.82) is 0 Å². The number of rotatable bonds is 3. The highest BCUT2D eigenvalue weighted by Crippen LogP contribution is 2.49. The van der Waals surface area contributed by atoms with Crippen molar-refractivity contribution in [3.8, 4) is 5.69 Å². The van der Waals surface area contributed by atoms with E-state index in [1.807, 2.05) is 37.3 Å². The Morgan fingerprint density at radius 1 is 1.24 bits per heavy atom. The molecule has 1 aliphatic heterocycles. The van der Waals surface area contributed by atoms with E-state index in [0.717, 1.165) is 29.4 Å². The van der Waals surface area contributed by atoms with Crippen molar-refractivity contribution in [2.75, 3.05) is 13.1 Å². The van der Waals surface area contributed by atoms with Crippen LogP contribution in [0.15, 0.2) is 36.5 Å². The van der Waals surface area contributed by atoms with Crippen LogP contribution in [-0.4, -0.2) is 55.0 Å². The Kier molecular flexibility index (Phi) is 3.90. The number of fused-ring (bicyclic) bond motifs is 2. The van der Waals surface area contributed by atoms with Gasteiger partial charge >= 0.3 is 5.97 Å². The molecule has 148 valence electrons. The van der Waals surface area contributed by atoms with E-state index in [-0.39, 0.29) is 24.1 Å². The van der Waals surface area contributed by atoms with Gasteiger partial charge in [0.15, 0.2) is 5.69 Å². The highest BCUT2D eigenvalue weighted by molar-refractivity contribution is 5.95. The molecule has 2 aliphatic rings. The molecule has 0 unspecified atom stereocenters. The van der Waals surface area contributed by atoms with Crippen molar-refractivity contribution < 1.29 is 14.7 Å². The maximum absolute atomic E-state index is 13.2. The van der Waals surface area contributed by atoms with Gasteiger partial charge in [-0.05, 0) is 49.9 Å². The summed E-state index contributed by atoms with van der Waals surface area (Å²) in [6.45, 7) is 2.53. The average Bonchev–Trinajstić information content (AvgIpc) is 3.39. The predicted octanol–water partition coefficient (Wildman–Crippen LogP) is 2.45. The number of carbonyl (C=O) groups is 2. The summed E-state index contributed by atoms with van der Waals surface area (Å²) in [5, 5.41) is 19.1. The third kappa shape index (κ3) is 2.55. The molecule has 0 radical (unpaired) electrons. The SMILES string of the molecule is Cc1c(C(=O)N2C[C@@H]3CCC[C@@]3(C(=O)O)C2)nnn1-c1cccc2ncccc12. The molecular formula is C21H21N5O3. The molecule has 2 aromatic heterocycles. The summed E-state index contributed by atoms with van der Waals surface area (Å²) in [4.78, 5) is 31.1. The molecule has 3 heterocycles. The summed E-state index contributed by atoms with van der Waals surface area (Å²) in [7, 11) is 0. The first-order chi connectivity index (χ1) is 14.0. The van der Waals surface area contributed by atoms with Gasteiger partial charge < -0.3 is 10.0 Å². The fraction of sp³-hybridized carbons (Fsp3) is 0.381. The first-order valence-electron chi connectivity index (χ1n) is 9.80. The van der Waals surface area contributed by atoms with E-state index in [9.17, 15) is 14.7 Å². The maximum atomic E-state index is 13.2. The Labute approximate surface area is 167 Å². The monoisotopic (exact) mass is 391 g/mol. The molecule has 29 heavy (non-hydrogen) atoms. The minimum atomic E-state index is -0.805. The summed E-state index contributed by atoms with van der Waals surface area (Å²) in [6.07, 6.45) is 4.12. The Morgan fingerprint density at radius 3 is 2.90 bits per heavy atom. The summed E-state index contributed by atoms with van der Waals surface area (Å²) in [5.41, 5.74) is 1.74. The minimum Gasteiger partial charge on any atom is -0.481 e. The molecular weight excluding hydrogens is 370 g/mol. The van der Waals surface area contributed by atoms with E-state index in [2.05, 4.69) is 15.3 Å². The van der Waals surface area contributed by atoms with Crippen molar-refractivity contribution in [1.82, 2.24) is 24.9 Å². The number of hydrogen-bond acceptors (Lipinski definition) is 5. The van der Waals surface area contributed by atoms with Crippen LogP contribution in [0.2, 0.25) is 0 Å². The topological polar surface area (TPSA) is 101 Å². The van der Waals surface area contributed by atoms with Crippen LogP contribution in [-0.2, 0) is 4.79 Å². The van der Waals surface area contributed by atoms with Crippen LogP contribution >= 0.6 is 0 Å². The van der Waals surface area contributed by atoms with Gasteiger partial charge in [0.1, 0.15) is 0 Å². The molecule has 1 amide bonds. The number of carboxylic acids is 1. The summed E-state index contributed by atoms with van der Waals surface area (Å²) < 4.78 is 1.65. The molecule has 2 fully saturated rings. The van der Waals surface area contributed by atoms with Gasteiger partial charge in [-0.3, -0.25) is 14.6 Å². The Balaban J connectivity index is 1.49. The van der Waals surface area contributed by atoms with Crippen LogP contribution in [0.1, 0.15) is 35.4 Å². The molecule has 1 saturated carbocycles. The highest BCUT2D eigenvalue weighted by Gasteiger charge is 2.56. The number of carbonyl (C=O) groups excluding carboxylic acids is 1. The van der Waals surface area contributed by atoms with Crippen LogP contribution < -0.4 is 0 Å². The molecule has 2 atom stereocenters. The van der Waals surface area contributed by atoms with Gasteiger partial charge in [0.05, 0.1) is 22.3 Å². The van der Waals surface area contributed by atoms with Gasteiger partial charge in [0, 0.05) is 24.7 Å². The highest BCUT2D eigenvalue weighted by atomic mass is 16.4. The third-order valence-corrected chi connectivity index (χ3v) is 6.53. The largest absolute Gasteiger partial charge is 0.481 e. The van der Waals surface area contributed by atoms with E-state index in [1.165, 1.54) is 0 Å². The second-order valence-electron chi connectivity index (χ2n) is 8.02. The van der Waals surface area contributed by atoms with Crippen LogP contribution in [0, 0.1) is 18.3 Å². The van der Waals surface area contributed by atoms with Crippen LogP contribution in [0.3, 0.4) is 0 Å². The average molecular weight is 391 g/mol. The minimum absolute atomic E-state index is 0.0171. The van der Waals surface area contributed by atoms with E-state index < -0.39 is 11.4 Å². The number of aromatic nitrogens is 4. The lowest BCUT2D eigenvalue weighted by Crippen LogP contribution is -2.37. The van der Waals surface area contributed by atoms with Crippen LogP contribution in [0.5, 0.6) is 0 Å². The van der Waals surface area contributed by atoms with Gasteiger partial charge in [-0.1, -0.05) is 17.7 Å². The van der Waals surface area contributed by atoms with E-state index in [0.29, 0.717) is 18.7 Å². The predicted molar refractivity (Wildman–Crippen MR) is 105 cm³/mol. The third-order valence-electron chi connectivity index (χ3n) is 6.53. The number of aliphatic carboxylic acids is 1. The first-order valence-corrected chi connectivity index (χ1v) is 9.80. The first kappa shape index (κ1) is 17.8. The molecule has 3 aromatic rings. The quantitative estimate of drug-likeness (QED) is 0.736. The number of hydrogen-bond donors (Lipinski definition) is 1. The Morgan fingerprint density at radius 2 is 2.10 bits per heavy atom. The number of pyridine rings is 1. The van der Waals surface area contributed by atoms with Crippen LogP contribution in [0.4, 0.5) is 0 Å². The van der Waals surface area contributed by atoms with Crippen molar-refractivity contribution >= 4 is 22.8 Å². The number of carboxylic acid groups (broad SMARTS) is 1. The molecule has 0 bridgehead atoms. The second kappa shape index (κ2) is 6.37. The van der Waals surface area contributed by atoms with Crippen molar-refractivity contribution in [3.63, 3.8) is 0 Å². The van der Waals surface area contributed by atoms with Crippen molar-refractivity contribution in [3.05, 3.63) is 47.9 Å².